The van der Waals surface area contributed by atoms with Crippen molar-refractivity contribution in [2.75, 3.05) is 18.6 Å². The quantitative estimate of drug-likeness (QED) is 0.637. The van der Waals surface area contributed by atoms with Gasteiger partial charge in [0.25, 0.3) is 0 Å². The Hall–Kier alpha value is -2.62. The summed E-state index contributed by atoms with van der Waals surface area (Å²) in [5, 5.41) is 0. The van der Waals surface area contributed by atoms with Crippen LogP contribution in [0.15, 0.2) is 48.5 Å². The number of ether oxygens (including phenoxy) is 1. The van der Waals surface area contributed by atoms with Gasteiger partial charge in [-0.15, -0.1) is 0 Å². The number of hydrogen-bond acceptors (Lipinski definition) is 3. The molecule has 1 atom stereocenters. The van der Waals surface area contributed by atoms with Crippen LogP contribution in [0, 0.1) is 12.8 Å². The highest BCUT2D eigenvalue weighted by molar-refractivity contribution is 6.14. The molecule has 0 bridgehead atoms. The Morgan fingerprint density at radius 2 is 1.75 bits per heavy atom. The molecule has 0 saturated carbocycles. The molecule has 0 radical (unpaired) electrons. The molecule has 1 heterocycles. The normalized spacial score (nSPS) is 17.7. The monoisotopic (exact) mass is 323 g/mol. The highest BCUT2D eigenvalue weighted by Crippen LogP contribution is 2.27. The zero-order valence-corrected chi connectivity index (χ0v) is 14.0. The van der Waals surface area contributed by atoms with E-state index >= 15 is 0 Å². The van der Waals surface area contributed by atoms with Crippen molar-refractivity contribution in [3.05, 3.63) is 59.7 Å². The molecule has 1 aliphatic heterocycles. The van der Waals surface area contributed by atoms with Gasteiger partial charge in [-0.1, -0.05) is 17.7 Å². The number of Topliss-reactive ketones (excluding diaryl/α,β-unsaturated/α-hetero) is 1. The average molecular weight is 323 g/mol. The molecular formula is C20H21NO3. The van der Waals surface area contributed by atoms with E-state index in [-0.39, 0.29) is 11.7 Å². The van der Waals surface area contributed by atoms with Gasteiger partial charge < -0.3 is 9.64 Å². The highest BCUT2D eigenvalue weighted by atomic mass is 16.5. The summed E-state index contributed by atoms with van der Waals surface area (Å²) in [6.45, 7) is 2.67. The topological polar surface area (TPSA) is 46.6 Å². The van der Waals surface area contributed by atoms with Gasteiger partial charge in [-0.05, 0) is 56.2 Å². The number of methoxy groups -OCH3 is 1. The molecule has 1 aliphatic rings. The lowest BCUT2D eigenvalue weighted by Gasteiger charge is -2.31. The number of benzene rings is 2. The van der Waals surface area contributed by atoms with Crippen molar-refractivity contribution in [3.63, 3.8) is 0 Å². The summed E-state index contributed by atoms with van der Waals surface area (Å²) in [7, 11) is 1.58. The zero-order chi connectivity index (χ0) is 17.1. The number of aryl methyl sites for hydroxylation is 1. The molecule has 2 aromatic rings. The third-order valence-electron chi connectivity index (χ3n) is 4.48. The largest absolute Gasteiger partial charge is 0.497 e. The number of carbonyl (C=O) groups excluding carboxylic acids is 2. The molecule has 1 fully saturated rings. The number of rotatable bonds is 4. The molecule has 1 unspecified atom stereocenters. The SMILES string of the molecule is COc1ccc(C(=O)C2CCCN(c3ccc(C)cc3)C2=O)cc1. The summed E-state index contributed by atoms with van der Waals surface area (Å²) in [4.78, 5) is 27.3. The third-order valence-corrected chi connectivity index (χ3v) is 4.48. The number of piperidine rings is 1. The molecule has 4 nitrogen and oxygen atoms in total. The van der Waals surface area contributed by atoms with Crippen LogP contribution in [0.2, 0.25) is 0 Å². The van der Waals surface area contributed by atoms with E-state index in [0.29, 0.717) is 24.3 Å². The molecule has 0 aromatic heterocycles. The second kappa shape index (κ2) is 6.87. The van der Waals surface area contributed by atoms with Crippen molar-refractivity contribution < 1.29 is 14.3 Å². The van der Waals surface area contributed by atoms with Gasteiger partial charge in [0.05, 0.1) is 7.11 Å². The van der Waals surface area contributed by atoms with Crippen molar-refractivity contribution in [1.82, 2.24) is 0 Å². The van der Waals surface area contributed by atoms with Crippen molar-refractivity contribution in [3.8, 4) is 5.75 Å². The van der Waals surface area contributed by atoms with Gasteiger partial charge in [0.2, 0.25) is 5.91 Å². The van der Waals surface area contributed by atoms with E-state index in [1.54, 1.807) is 36.3 Å². The first kappa shape index (κ1) is 16.2. The van der Waals surface area contributed by atoms with Crippen molar-refractivity contribution in [2.24, 2.45) is 5.92 Å². The van der Waals surface area contributed by atoms with Gasteiger partial charge in [0.15, 0.2) is 5.78 Å². The van der Waals surface area contributed by atoms with Gasteiger partial charge in [0.1, 0.15) is 11.7 Å². The van der Waals surface area contributed by atoms with Crippen LogP contribution in [0.3, 0.4) is 0 Å². The van der Waals surface area contributed by atoms with E-state index < -0.39 is 5.92 Å². The molecule has 0 aliphatic carbocycles. The number of nitrogens with zero attached hydrogens (tertiary/aromatic N) is 1. The predicted molar refractivity (Wildman–Crippen MR) is 93.6 cm³/mol. The Morgan fingerprint density at radius 3 is 2.38 bits per heavy atom. The summed E-state index contributed by atoms with van der Waals surface area (Å²) >= 11 is 0. The van der Waals surface area contributed by atoms with Crippen molar-refractivity contribution >= 4 is 17.4 Å². The maximum absolute atomic E-state index is 12.8. The number of hydrogen-bond donors (Lipinski definition) is 0. The summed E-state index contributed by atoms with van der Waals surface area (Å²) in [6.07, 6.45) is 1.43. The first-order valence-corrected chi connectivity index (χ1v) is 8.16. The lowest BCUT2D eigenvalue weighted by atomic mass is 9.89. The minimum atomic E-state index is -0.603. The van der Waals surface area contributed by atoms with Gasteiger partial charge in [-0.3, -0.25) is 9.59 Å². The number of ketones is 1. The molecule has 2 aromatic carbocycles. The summed E-state index contributed by atoms with van der Waals surface area (Å²) in [5.41, 5.74) is 2.56. The fourth-order valence-corrected chi connectivity index (χ4v) is 3.06. The molecule has 124 valence electrons. The van der Waals surface area contributed by atoms with E-state index in [1.165, 1.54) is 0 Å². The second-order valence-electron chi connectivity index (χ2n) is 6.11. The standard InChI is InChI=1S/C20H21NO3/c1-14-5-9-16(10-6-14)21-13-3-4-18(20(21)23)19(22)15-7-11-17(24-2)12-8-15/h5-12,18H,3-4,13H2,1-2H3. The Labute approximate surface area is 142 Å². The third kappa shape index (κ3) is 3.18. The first-order chi connectivity index (χ1) is 11.6. The number of anilines is 1. The molecule has 24 heavy (non-hydrogen) atoms. The van der Waals surface area contributed by atoms with E-state index in [2.05, 4.69) is 0 Å². The average Bonchev–Trinajstić information content (AvgIpc) is 2.62. The maximum atomic E-state index is 12.8. The Kier molecular flexibility index (Phi) is 4.65. The van der Waals surface area contributed by atoms with Gasteiger partial charge in [0, 0.05) is 17.8 Å². The summed E-state index contributed by atoms with van der Waals surface area (Å²) in [6, 6.07) is 14.8. The number of amides is 1. The second-order valence-corrected chi connectivity index (χ2v) is 6.11. The first-order valence-electron chi connectivity index (χ1n) is 8.16. The Morgan fingerprint density at radius 1 is 1.08 bits per heavy atom. The van der Waals surface area contributed by atoms with Crippen LogP contribution in [0.1, 0.15) is 28.8 Å². The fraction of sp³-hybridized carbons (Fsp3) is 0.300. The maximum Gasteiger partial charge on any atom is 0.237 e. The van der Waals surface area contributed by atoms with Gasteiger partial charge in [-0.2, -0.15) is 0 Å². The van der Waals surface area contributed by atoms with Crippen LogP contribution in [0.4, 0.5) is 5.69 Å². The summed E-state index contributed by atoms with van der Waals surface area (Å²) in [5.74, 6) is -0.123. The van der Waals surface area contributed by atoms with E-state index in [1.807, 2.05) is 31.2 Å². The van der Waals surface area contributed by atoms with Crippen LogP contribution in [-0.2, 0) is 4.79 Å². The van der Waals surface area contributed by atoms with E-state index in [9.17, 15) is 9.59 Å². The van der Waals surface area contributed by atoms with E-state index in [4.69, 9.17) is 4.74 Å². The molecule has 4 heteroatoms. The lowest BCUT2D eigenvalue weighted by molar-refractivity contribution is -0.122. The van der Waals surface area contributed by atoms with Crippen LogP contribution >= 0.6 is 0 Å². The summed E-state index contributed by atoms with van der Waals surface area (Å²) < 4.78 is 5.11. The minimum absolute atomic E-state index is 0.106. The predicted octanol–water partition coefficient (Wildman–Crippen LogP) is 3.63. The molecule has 1 saturated heterocycles. The van der Waals surface area contributed by atoms with Crippen LogP contribution < -0.4 is 9.64 Å². The van der Waals surface area contributed by atoms with Crippen LogP contribution in [0.5, 0.6) is 5.75 Å². The zero-order valence-electron chi connectivity index (χ0n) is 14.0. The molecule has 1 amide bonds. The molecule has 0 N–H and O–H groups in total. The Bertz CT molecular complexity index is 734. The minimum Gasteiger partial charge on any atom is -0.497 e. The van der Waals surface area contributed by atoms with E-state index in [0.717, 1.165) is 17.7 Å². The molecule has 0 spiro atoms. The van der Waals surface area contributed by atoms with Gasteiger partial charge in [-0.25, -0.2) is 0 Å². The fourth-order valence-electron chi connectivity index (χ4n) is 3.06. The van der Waals surface area contributed by atoms with Crippen LogP contribution in [0.25, 0.3) is 0 Å². The van der Waals surface area contributed by atoms with Crippen molar-refractivity contribution in [2.45, 2.75) is 19.8 Å². The smallest absolute Gasteiger partial charge is 0.237 e. The van der Waals surface area contributed by atoms with Crippen molar-refractivity contribution in [1.29, 1.82) is 0 Å². The lowest BCUT2D eigenvalue weighted by Crippen LogP contribution is -2.44. The highest BCUT2D eigenvalue weighted by Gasteiger charge is 2.35. The van der Waals surface area contributed by atoms with Gasteiger partial charge >= 0.3 is 0 Å². The number of carbonyl (C=O) groups is 2. The Balaban J connectivity index is 1.81. The van der Waals surface area contributed by atoms with Crippen LogP contribution in [-0.4, -0.2) is 25.3 Å². The molecular weight excluding hydrogens is 302 g/mol. The molecule has 3 rings (SSSR count).